The predicted molar refractivity (Wildman–Crippen MR) is 86.1 cm³/mol. The number of nitrogens with one attached hydrogen (secondary N) is 1. The number of nitrogens with zero attached hydrogens (tertiary/aromatic N) is 1. The molecule has 0 aliphatic rings. The molecule has 0 aromatic heterocycles. The van der Waals surface area contributed by atoms with E-state index >= 15 is 0 Å². The van der Waals surface area contributed by atoms with E-state index in [-0.39, 0.29) is 5.56 Å². The van der Waals surface area contributed by atoms with Gasteiger partial charge in [-0.1, -0.05) is 30.3 Å². The Morgan fingerprint density at radius 1 is 1.09 bits per heavy atom. The SMILES string of the molecule is CN(CCCNC(=O)c1ccc(F)c(F)c1)Cc1ccccc1. The van der Waals surface area contributed by atoms with Crippen molar-refractivity contribution < 1.29 is 13.6 Å². The molecule has 0 radical (unpaired) electrons. The lowest BCUT2D eigenvalue weighted by molar-refractivity contribution is 0.0951. The van der Waals surface area contributed by atoms with Crippen LogP contribution in [0.25, 0.3) is 0 Å². The summed E-state index contributed by atoms with van der Waals surface area (Å²) in [5.41, 5.74) is 1.36. The molecule has 0 unspecified atom stereocenters. The van der Waals surface area contributed by atoms with Crippen LogP contribution in [0.4, 0.5) is 8.78 Å². The van der Waals surface area contributed by atoms with E-state index in [2.05, 4.69) is 22.3 Å². The summed E-state index contributed by atoms with van der Waals surface area (Å²) in [7, 11) is 2.02. The minimum atomic E-state index is -1.01. The molecule has 0 saturated heterocycles. The van der Waals surface area contributed by atoms with E-state index in [9.17, 15) is 13.6 Å². The van der Waals surface area contributed by atoms with Crippen molar-refractivity contribution in [3.63, 3.8) is 0 Å². The molecule has 0 spiro atoms. The smallest absolute Gasteiger partial charge is 0.251 e. The van der Waals surface area contributed by atoms with Gasteiger partial charge >= 0.3 is 0 Å². The van der Waals surface area contributed by atoms with E-state index < -0.39 is 17.5 Å². The molecule has 1 amide bonds. The van der Waals surface area contributed by atoms with Gasteiger partial charge in [0, 0.05) is 18.7 Å². The lowest BCUT2D eigenvalue weighted by Crippen LogP contribution is -2.28. The Morgan fingerprint density at radius 3 is 2.52 bits per heavy atom. The summed E-state index contributed by atoms with van der Waals surface area (Å²) in [5, 5.41) is 2.71. The van der Waals surface area contributed by atoms with Gasteiger partial charge in [-0.25, -0.2) is 8.78 Å². The number of hydrogen-bond donors (Lipinski definition) is 1. The third kappa shape index (κ3) is 5.45. The van der Waals surface area contributed by atoms with Crippen molar-refractivity contribution in [3.05, 3.63) is 71.3 Å². The van der Waals surface area contributed by atoms with Crippen LogP contribution in [0.15, 0.2) is 48.5 Å². The van der Waals surface area contributed by atoms with Crippen molar-refractivity contribution in [2.45, 2.75) is 13.0 Å². The third-order valence-electron chi connectivity index (χ3n) is 3.48. The van der Waals surface area contributed by atoms with Crippen molar-refractivity contribution in [3.8, 4) is 0 Å². The molecule has 0 heterocycles. The van der Waals surface area contributed by atoms with E-state index in [4.69, 9.17) is 0 Å². The van der Waals surface area contributed by atoms with Crippen LogP contribution in [0.5, 0.6) is 0 Å². The summed E-state index contributed by atoms with van der Waals surface area (Å²) in [6, 6.07) is 13.3. The van der Waals surface area contributed by atoms with E-state index in [1.165, 1.54) is 11.6 Å². The van der Waals surface area contributed by atoms with Gasteiger partial charge in [0.25, 0.3) is 5.91 Å². The molecule has 0 saturated carbocycles. The zero-order valence-corrected chi connectivity index (χ0v) is 13.1. The minimum absolute atomic E-state index is 0.126. The molecule has 0 aliphatic heterocycles. The first-order chi connectivity index (χ1) is 11.1. The topological polar surface area (TPSA) is 32.3 Å². The van der Waals surface area contributed by atoms with Gasteiger partial charge < -0.3 is 10.2 Å². The first-order valence-corrected chi connectivity index (χ1v) is 7.52. The van der Waals surface area contributed by atoms with Gasteiger partial charge in [-0.3, -0.25) is 4.79 Å². The van der Waals surface area contributed by atoms with Gasteiger partial charge in [0.1, 0.15) is 0 Å². The third-order valence-corrected chi connectivity index (χ3v) is 3.48. The summed E-state index contributed by atoms with van der Waals surface area (Å²) in [6.07, 6.45) is 0.777. The monoisotopic (exact) mass is 318 g/mol. The fourth-order valence-corrected chi connectivity index (χ4v) is 2.26. The van der Waals surface area contributed by atoms with Crippen molar-refractivity contribution in [1.29, 1.82) is 0 Å². The number of carbonyl (C=O) groups excluding carboxylic acids is 1. The van der Waals surface area contributed by atoms with Gasteiger partial charge in [0.05, 0.1) is 0 Å². The highest BCUT2D eigenvalue weighted by atomic mass is 19.2. The van der Waals surface area contributed by atoms with Crippen LogP contribution in [-0.4, -0.2) is 30.9 Å². The Morgan fingerprint density at radius 2 is 1.83 bits per heavy atom. The minimum Gasteiger partial charge on any atom is -0.352 e. The second-order valence-corrected chi connectivity index (χ2v) is 5.46. The van der Waals surface area contributed by atoms with Crippen LogP contribution in [0.2, 0.25) is 0 Å². The quantitative estimate of drug-likeness (QED) is 0.795. The molecular weight excluding hydrogens is 298 g/mol. The normalized spacial score (nSPS) is 10.8. The summed E-state index contributed by atoms with van der Waals surface area (Å²) in [5.74, 6) is -2.36. The van der Waals surface area contributed by atoms with Gasteiger partial charge in [-0.2, -0.15) is 0 Å². The van der Waals surface area contributed by atoms with E-state index in [0.717, 1.165) is 31.6 Å². The molecule has 0 atom stereocenters. The van der Waals surface area contributed by atoms with E-state index in [1.807, 2.05) is 25.2 Å². The second kappa shape index (κ2) is 8.39. The van der Waals surface area contributed by atoms with Crippen LogP contribution in [-0.2, 0) is 6.54 Å². The molecule has 1 N–H and O–H groups in total. The van der Waals surface area contributed by atoms with Crippen LogP contribution in [0.3, 0.4) is 0 Å². The fourth-order valence-electron chi connectivity index (χ4n) is 2.26. The predicted octanol–water partition coefficient (Wildman–Crippen LogP) is 3.22. The maximum Gasteiger partial charge on any atom is 0.251 e. The van der Waals surface area contributed by atoms with Crippen molar-refractivity contribution in [1.82, 2.24) is 10.2 Å². The maximum absolute atomic E-state index is 13.1. The number of halogens is 2. The van der Waals surface area contributed by atoms with Gasteiger partial charge in [-0.05, 0) is 43.8 Å². The van der Waals surface area contributed by atoms with Gasteiger partial charge in [0.15, 0.2) is 11.6 Å². The molecule has 5 heteroatoms. The number of carbonyl (C=O) groups is 1. The molecule has 122 valence electrons. The molecule has 23 heavy (non-hydrogen) atoms. The van der Waals surface area contributed by atoms with E-state index in [1.54, 1.807) is 0 Å². The van der Waals surface area contributed by atoms with Gasteiger partial charge in [0.2, 0.25) is 0 Å². The summed E-state index contributed by atoms with van der Waals surface area (Å²) in [4.78, 5) is 14.0. The molecule has 0 aliphatic carbocycles. The van der Waals surface area contributed by atoms with Crippen molar-refractivity contribution in [2.24, 2.45) is 0 Å². The van der Waals surface area contributed by atoms with Crippen LogP contribution >= 0.6 is 0 Å². The van der Waals surface area contributed by atoms with Crippen LogP contribution in [0.1, 0.15) is 22.3 Å². The Kier molecular flexibility index (Phi) is 6.23. The number of rotatable bonds is 7. The zero-order chi connectivity index (χ0) is 16.7. The van der Waals surface area contributed by atoms with E-state index in [0.29, 0.717) is 6.54 Å². The Labute approximate surface area is 134 Å². The number of amides is 1. The number of benzene rings is 2. The average molecular weight is 318 g/mol. The molecular formula is C18H20F2N2O. The Bertz CT molecular complexity index is 647. The molecule has 0 bridgehead atoms. The summed E-state index contributed by atoms with van der Waals surface area (Å²) < 4.78 is 25.9. The largest absolute Gasteiger partial charge is 0.352 e. The first-order valence-electron chi connectivity index (χ1n) is 7.52. The first kappa shape index (κ1) is 17.1. The Balaban J connectivity index is 1.70. The highest BCUT2D eigenvalue weighted by Gasteiger charge is 2.09. The second-order valence-electron chi connectivity index (χ2n) is 5.46. The van der Waals surface area contributed by atoms with Crippen LogP contribution < -0.4 is 5.32 Å². The van der Waals surface area contributed by atoms with Crippen molar-refractivity contribution >= 4 is 5.91 Å². The lowest BCUT2D eigenvalue weighted by atomic mass is 10.2. The standard InChI is InChI=1S/C18H20F2N2O/c1-22(13-14-6-3-2-4-7-14)11-5-10-21-18(23)15-8-9-16(19)17(20)12-15/h2-4,6-9,12H,5,10-11,13H2,1H3,(H,21,23). The zero-order valence-electron chi connectivity index (χ0n) is 13.1. The average Bonchev–Trinajstić information content (AvgIpc) is 2.55. The number of hydrogen-bond acceptors (Lipinski definition) is 2. The molecule has 0 fully saturated rings. The lowest BCUT2D eigenvalue weighted by Gasteiger charge is -2.16. The Hall–Kier alpha value is -2.27. The highest BCUT2D eigenvalue weighted by Crippen LogP contribution is 2.08. The molecule has 2 aromatic carbocycles. The summed E-state index contributed by atoms with van der Waals surface area (Å²) >= 11 is 0. The molecule has 2 aromatic rings. The highest BCUT2D eigenvalue weighted by molar-refractivity contribution is 5.94. The fraction of sp³-hybridized carbons (Fsp3) is 0.278. The van der Waals surface area contributed by atoms with Crippen molar-refractivity contribution in [2.75, 3.05) is 20.1 Å². The van der Waals surface area contributed by atoms with Gasteiger partial charge in [-0.15, -0.1) is 0 Å². The summed E-state index contributed by atoms with van der Waals surface area (Å²) in [6.45, 7) is 2.15. The molecule has 3 nitrogen and oxygen atoms in total. The molecule has 2 rings (SSSR count). The van der Waals surface area contributed by atoms with Crippen LogP contribution in [0, 0.1) is 11.6 Å². The maximum atomic E-state index is 13.1.